The molecule has 174 valence electrons. The molecule has 3 heteroatoms. The minimum absolute atomic E-state index is 0.180. The third-order valence-corrected chi connectivity index (χ3v) is 13.9. The molecular weight excluding hydrogens is 396 g/mol. The Hall–Kier alpha value is -0.933. The fourth-order valence-corrected chi connectivity index (χ4v) is 7.70. The van der Waals surface area contributed by atoms with Crippen LogP contribution >= 0.6 is 0 Å². The molecule has 3 fully saturated rings. The molecule has 0 aromatic carbocycles. The van der Waals surface area contributed by atoms with Gasteiger partial charge in [-0.2, -0.15) is 0 Å². The predicted octanol–water partition coefficient (Wildman–Crippen LogP) is 8.02. The van der Waals surface area contributed by atoms with Gasteiger partial charge in [0.1, 0.15) is 6.29 Å². The lowest BCUT2D eigenvalue weighted by Gasteiger charge is -2.43. The minimum atomic E-state index is -1.75. The lowest BCUT2D eigenvalue weighted by atomic mass is 9.61. The second kappa shape index (κ2) is 9.13. The van der Waals surface area contributed by atoms with Crippen LogP contribution < -0.4 is 0 Å². The van der Waals surface area contributed by atoms with Crippen molar-refractivity contribution in [3.8, 4) is 0 Å². The standard InChI is InChI=1S/C28H46O2Si/c1-20-11-14-24(30-31(7,8)27(3,4)5)18-23(20)13-12-22-10-9-17-28(6)25(21(2)19-29)15-16-26(22)28/h12-13,19,21,24-26H,1,9-11,14-18H2,2-8H3/b22-12+,23-13+/t21-,24?,25?,26?,28-/m1/s1. The normalized spacial score (nSPS) is 36.0. The van der Waals surface area contributed by atoms with Crippen molar-refractivity contribution in [2.45, 2.75) is 110 Å². The van der Waals surface area contributed by atoms with E-state index in [4.69, 9.17) is 4.43 Å². The van der Waals surface area contributed by atoms with Gasteiger partial charge in [0.2, 0.25) is 0 Å². The zero-order valence-electron chi connectivity index (χ0n) is 21.2. The molecule has 31 heavy (non-hydrogen) atoms. The molecule has 0 saturated heterocycles. The summed E-state index contributed by atoms with van der Waals surface area (Å²) in [5.74, 6) is 1.36. The molecule has 0 N–H and O–H groups in total. The Morgan fingerprint density at radius 2 is 1.87 bits per heavy atom. The number of hydrogen-bond acceptors (Lipinski definition) is 2. The van der Waals surface area contributed by atoms with Gasteiger partial charge < -0.3 is 9.22 Å². The van der Waals surface area contributed by atoms with Gasteiger partial charge in [0.25, 0.3) is 0 Å². The third kappa shape index (κ3) is 5.03. The van der Waals surface area contributed by atoms with Crippen LogP contribution in [-0.2, 0) is 9.22 Å². The Morgan fingerprint density at radius 1 is 1.16 bits per heavy atom. The van der Waals surface area contributed by atoms with E-state index in [2.05, 4.69) is 66.4 Å². The Balaban J connectivity index is 1.76. The van der Waals surface area contributed by atoms with Gasteiger partial charge in [0.05, 0.1) is 0 Å². The second-order valence-electron chi connectivity index (χ2n) is 12.4. The molecule has 0 spiro atoms. The van der Waals surface area contributed by atoms with Crippen LogP contribution in [0.2, 0.25) is 18.1 Å². The van der Waals surface area contributed by atoms with Crippen LogP contribution in [0, 0.1) is 23.2 Å². The molecule has 0 heterocycles. The van der Waals surface area contributed by atoms with Gasteiger partial charge in [0, 0.05) is 12.0 Å². The lowest BCUT2D eigenvalue weighted by molar-refractivity contribution is -0.113. The average molecular weight is 443 g/mol. The van der Waals surface area contributed by atoms with E-state index in [0.29, 0.717) is 23.4 Å². The van der Waals surface area contributed by atoms with Crippen LogP contribution in [-0.4, -0.2) is 20.7 Å². The zero-order valence-corrected chi connectivity index (χ0v) is 22.2. The zero-order chi connectivity index (χ0) is 23.0. The first-order valence-corrected chi connectivity index (χ1v) is 15.5. The summed E-state index contributed by atoms with van der Waals surface area (Å²) >= 11 is 0. The predicted molar refractivity (Wildman–Crippen MR) is 135 cm³/mol. The van der Waals surface area contributed by atoms with Crippen molar-refractivity contribution >= 4 is 14.6 Å². The summed E-state index contributed by atoms with van der Waals surface area (Å²) in [6.07, 6.45) is 15.7. The molecule has 0 aromatic rings. The fraction of sp³-hybridized carbons (Fsp3) is 0.750. The number of carbonyl (C=O) groups is 1. The maximum Gasteiger partial charge on any atom is 0.192 e. The van der Waals surface area contributed by atoms with Crippen LogP contribution in [0.15, 0.2) is 35.5 Å². The summed E-state index contributed by atoms with van der Waals surface area (Å²) in [6, 6.07) is 0. The molecule has 3 aliphatic rings. The van der Waals surface area contributed by atoms with Gasteiger partial charge >= 0.3 is 0 Å². The quantitative estimate of drug-likeness (QED) is 0.318. The molecule has 0 radical (unpaired) electrons. The molecule has 0 amide bonds. The van der Waals surface area contributed by atoms with Crippen molar-refractivity contribution in [3.05, 3.63) is 35.5 Å². The van der Waals surface area contributed by atoms with Crippen LogP contribution in [0.25, 0.3) is 0 Å². The van der Waals surface area contributed by atoms with Gasteiger partial charge in [-0.1, -0.05) is 64.5 Å². The number of carbonyl (C=O) groups excluding carboxylic acids is 1. The summed E-state index contributed by atoms with van der Waals surface area (Å²) in [4.78, 5) is 11.5. The highest BCUT2D eigenvalue weighted by Crippen LogP contribution is 2.59. The molecule has 3 unspecified atom stereocenters. The molecule has 3 aliphatic carbocycles. The lowest BCUT2D eigenvalue weighted by Crippen LogP contribution is -2.44. The molecule has 5 atom stereocenters. The average Bonchev–Trinajstić information content (AvgIpc) is 3.04. The highest BCUT2D eigenvalue weighted by Gasteiger charge is 2.50. The summed E-state index contributed by atoms with van der Waals surface area (Å²) in [7, 11) is -1.75. The smallest absolute Gasteiger partial charge is 0.192 e. The van der Waals surface area contributed by atoms with Gasteiger partial charge in [-0.05, 0) is 92.3 Å². The van der Waals surface area contributed by atoms with E-state index in [1.54, 1.807) is 5.57 Å². The van der Waals surface area contributed by atoms with Gasteiger partial charge in [-0.25, -0.2) is 0 Å². The number of fused-ring (bicyclic) bond motifs is 1. The maximum atomic E-state index is 11.5. The van der Waals surface area contributed by atoms with E-state index >= 15 is 0 Å². The highest BCUT2D eigenvalue weighted by atomic mass is 28.4. The fourth-order valence-electron chi connectivity index (χ4n) is 6.31. The van der Waals surface area contributed by atoms with E-state index in [-0.39, 0.29) is 11.0 Å². The van der Waals surface area contributed by atoms with E-state index in [1.807, 2.05) is 0 Å². The Kier molecular flexibility index (Phi) is 7.28. The molecule has 0 bridgehead atoms. The van der Waals surface area contributed by atoms with Crippen molar-refractivity contribution in [1.29, 1.82) is 0 Å². The Labute approximate surface area is 192 Å². The first-order valence-electron chi connectivity index (χ1n) is 12.6. The molecule has 3 saturated carbocycles. The first kappa shape index (κ1) is 24.7. The van der Waals surface area contributed by atoms with Crippen molar-refractivity contribution in [2.24, 2.45) is 23.2 Å². The van der Waals surface area contributed by atoms with Crippen molar-refractivity contribution in [3.63, 3.8) is 0 Å². The molecular formula is C28H46O2Si. The van der Waals surface area contributed by atoms with Crippen LogP contribution in [0.1, 0.15) is 86.0 Å². The van der Waals surface area contributed by atoms with E-state index < -0.39 is 8.32 Å². The number of rotatable bonds is 5. The topological polar surface area (TPSA) is 26.3 Å². The second-order valence-corrected chi connectivity index (χ2v) is 17.1. The molecule has 3 rings (SSSR count). The van der Waals surface area contributed by atoms with Crippen molar-refractivity contribution < 1.29 is 9.22 Å². The van der Waals surface area contributed by atoms with Crippen molar-refractivity contribution in [2.75, 3.05) is 0 Å². The summed E-state index contributed by atoms with van der Waals surface area (Å²) in [5, 5.41) is 0.248. The van der Waals surface area contributed by atoms with Gasteiger partial charge in [0.15, 0.2) is 8.32 Å². The molecule has 2 nitrogen and oxygen atoms in total. The van der Waals surface area contributed by atoms with E-state index in [0.717, 1.165) is 19.3 Å². The number of aldehydes is 1. The minimum Gasteiger partial charge on any atom is -0.414 e. The van der Waals surface area contributed by atoms with Crippen LogP contribution in [0.3, 0.4) is 0 Å². The van der Waals surface area contributed by atoms with Crippen molar-refractivity contribution in [1.82, 2.24) is 0 Å². The first-order chi connectivity index (χ1) is 14.4. The molecule has 0 aliphatic heterocycles. The highest BCUT2D eigenvalue weighted by molar-refractivity contribution is 6.74. The number of hydrogen-bond donors (Lipinski definition) is 0. The monoisotopic (exact) mass is 442 g/mol. The van der Waals surface area contributed by atoms with Crippen LogP contribution in [0.5, 0.6) is 0 Å². The van der Waals surface area contributed by atoms with Crippen LogP contribution in [0.4, 0.5) is 0 Å². The maximum absolute atomic E-state index is 11.5. The summed E-state index contributed by atoms with van der Waals surface area (Å²) < 4.78 is 6.75. The Bertz CT molecular complexity index is 753. The SMILES string of the molecule is C=C1CCC(O[Si](C)(C)C(C)(C)C)C/C1=C\C=C1/CCC[C@@]2(C)C1CCC2[C@H](C)C=O. The molecule has 0 aromatic heterocycles. The Morgan fingerprint density at radius 3 is 2.52 bits per heavy atom. The largest absolute Gasteiger partial charge is 0.414 e. The number of allylic oxidation sites excluding steroid dienone is 4. The van der Waals surface area contributed by atoms with E-state index in [9.17, 15) is 4.79 Å². The van der Waals surface area contributed by atoms with Gasteiger partial charge in [-0.15, -0.1) is 0 Å². The summed E-state index contributed by atoms with van der Waals surface area (Å²) in [6.45, 7) is 20.7. The third-order valence-electron chi connectivity index (χ3n) is 9.32. The van der Waals surface area contributed by atoms with Gasteiger partial charge in [-0.3, -0.25) is 0 Å². The van der Waals surface area contributed by atoms with E-state index in [1.165, 1.54) is 49.5 Å². The summed E-state index contributed by atoms with van der Waals surface area (Å²) in [5.41, 5.74) is 4.59.